The van der Waals surface area contributed by atoms with Gasteiger partial charge in [-0.3, -0.25) is 4.79 Å². The highest BCUT2D eigenvalue weighted by Gasteiger charge is 2.36. The van der Waals surface area contributed by atoms with Gasteiger partial charge in [-0.25, -0.2) is 4.98 Å². The number of rotatable bonds is 3. The standard InChI is InChI=1S/C14H19N2O2P/c1-9(2)19(18,10(3)4)14-13(17)15-11-7-5-6-8-12(11)16-14/h5-10H,1-4H3,(H,15,17). The van der Waals surface area contributed by atoms with Gasteiger partial charge in [0.1, 0.15) is 7.14 Å². The Morgan fingerprint density at radius 2 is 1.68 bits per heavy atom. The van der Waals surface area contributed by atoms with Crippen molar-refractivity contribution in [2.24, 2.45) is 0 Å². The summed E-state index contributed by atoms with van der Waals surface area (Å²) in [5.41, 5.74) is 1.04. The van der Waals surface area contributed by atoms with Gasteiger partial charge in [-0.1, -0.05) is 39.8 Å². The summed E-state index contributed by atoms with van der Waals surface area (Å²) in [7, 11) is -2.81. The molecule has 0 spiro atoms. The lowest BCUT2D eigenvalue weighted by Gasteiger charge is -2.24. The maximum absolute atomic E-state index is 13.2. The van der Waals surface area contributed by atoms with Crippen molar-refractivity contribution in [3.8, 4) is 0 Å². The third-order valence-corrected chi connectivity index (χ3v) is 7.48. The molecule has 4 nitrogen and oxygen atoms in total. The van der Waals surface area contributed by atoms with Crippen LogP contribution in [-0.4, -0.2) is 21.3 Å². The van der Waals surface area contributed by atoms with E-state index in [1.54, 1.807) is 6.07 Å². The molecule has 19 heavy (non-hydrogen) atoms. The van der Waals surface area contributed by atoms with Crippen LogP contribution in [0.4, 0.5) is 0 Å². The Bertz CT molecular complexity index is 692. The second-order valence-corrected chi connectivity index (χ2v) is 9.21. The van der Waals surface area contributed by atoms with E-state index in [1.165, 1.54) is 0 Å². The van der Waals surface area contributed by atoms with Crippen LogP contribution in [0.25, 0.3) is 11.0 Å². The van der Waals surface area contributed by atoms with Crippen LogP contribution in [0.2, 0.25) is 0 Å². The van der Waals surface area contributed by atoms with E-state index < -0.39 is 7.14 Å². The van der Waals surface area contributed by atoms with E-state index in [2.05, 4.69) is 9.97 Å². The molecule has 1 aromatic heterocycles. The number of H-pyrrole nitrogens is 1. The molecule has 0 atom stereocenters. The number of hydrogen-bond donors (Lipinski definition) is 1. The van der Waals surface area contributed by atoms with Gasteiger partial charge in [0.05, 0.1) is 11.0 Å². The number of nitrogens with zero attached hydrogens (tertiary/aromatic N) is 1. The second-order valence-electron chi connectivity index (χ2n) is 5.30. The van der Waals surface area contributed by atoms with E-state index in [9.17, 15) is 9.36 Å². The smallest absolute Gasteiger partial charge is 0.277 e. The van der Waals surface area contributed by atoms with Gasteiger partial charge in [-0.15, -0.1) is 0 Å². The average molecular weight is 278 g/mol. The zero-order valence-electron chi connectivity index (χ0n) is 11.7. The number of para-hydroxylation sites is 2. The third kappa shape index (κ3) is 2.25. The van der Waals surface area contributed by atoms with E-state index >= 15 is 0 Å². The molecular formula is C14H19N2O2P. The fraction of sp³-hybridized carbons (Fsp3) is 0.429. The van der Waals surface area contributed by atoms with Crippen LogP contribution in [0, 0.1) is 0 Å². The molecular weight excluding hydrogens is 259 g/mol. The molecule has 0 saturated carbocycles. The SMILES string of the molecule is CC(C)P(=O)(c1nc2ccccc2[nH]c1=O)C(C)C. The molecule has 0 aliphatic heterocycles. The maximum Gasteiger partial charge on any atom is 0.277 e. The van der Waals surface area contributed by atoms with Gasteiger partial charge in [-0.2, -0.15) is 0 Å². The topological polar surface area (TPSA) is 62.8 Å². The van der Waals surface area contributed by atoms with E-state index in [4.69, 9.17) is 0 Å². The van der Waals surface area contributed by atoms with Gasteiger partial charge in [0, 0.05) is 11.3 Å². The van der Waals surface area contributed by atoms with Crippen molar-refractivity contribution in [1.82, 2.24) is 9.97 Å². The highest BCUT2D eigenvalue weighted by Crippen LogP contribution is 2.52. The molecule has 2 aromatic rings. The number of aromatic amines is 1. The minimum Gasteiger partial charge on any atom is -0.319 e. The number of aromatic nitrogens is 2. The van der Waals surface area contributed by atoms with E-state index in [1.807, 2.05) is 45.9 Å². The van der Waals surface area contributed by atoms with Gasteiger partial charge in [-0.05, 0) is 12.1 Å². The molecule has 5 heteroatoms. The molecule has 0 radical (unpaired) electrons. The van der Waals surface area contributed by atoms with Crippen molar-refractivity contribution in [2.75, 3.05) is 0 Å². The first-order valence-corrected chi connectivity index (χ1v) is 8.31. The Balaban J connectivity index is 2.78. The monoisotopic (exact) mass is 278 g/mol. The van der Waals surface area contributed by atoms with Crippen LogP contribution in [0.5, 0.6) is 0 Å². The van der Waals surface area contributed by atoms with E-state index in [-0.39, 0.29) is 22.3 Å². The van der Waals surface area contributed by atoms with E-state index in [0.717, 1.165) is 0 Å². The van der Waals surface area contributed by atoms with Crippen LogP contribution in [0.3, 0.4) is 0 Å². The molecule has 0 aliphatic carbocycles. The molecule has 0 aliphatic rings. The number of nitrogens with one attached hydrogen (secondary N) is 1. The normalized spacial score (nSPS) is 12.5. The highest BCUT2D eigenvalue weighted by molar-refractivity contribution is 7.72. The van der Waals surface area contributed by atoms with Crippen LogP contribution in [-0.2, 0) is 4.57 Å². The Morgan fingerprint density at radius 1 is 1.11 bits per heavy atom. The Morgan fingerprint density at radius 3 is 2.26 bits per heavy atom. The van der Waals surface area contributed by atoms with Gasteiger partial charge >= 0.3 is 0 Å². The summed E-state index contributed by atoms with van der Waals surface area (Å²) in [5, 5.41) is 0. The minimum atomic E-state index is -2.81. The summed E-state index contributed by atoms with van der Waals surface area (Å²) in [5.74, 6) is 0. The lowest BCUT2D eigenvalue weighted by Crippen LogP contribution is -2.35. The molecule has 0 unspecified atom stereocenters. The fourth-order valence-electron chi connectivity index (χ4n) is 2.34. The molecule has 0 bridgehead atoms. The first kappa shape index (κ1) is 14.0. The van der Waals surface area contributed by atoms with Crippen molar-refractivity contribution < 1.29 is 4.57 Å². The van der Waals surface area contributed by atoms with Crippen molar-refractivity contribution in [1.29, 1.82) is 0 Å². The van der Waals surface area contributed by atoms with Crippen molar-refractivity contribution in [2.45, 2.75) is 39.0 Å². The first-order valence-electron chi connectivity index (χ1n) is 6.46. The number of hydrogen-bond acceptors (Lipinski definition) is 3. The van der Waals surface area contributed by atoms with Crippen LogP contribution in [0.1, 0.15) is 27.7 Å². The summed E-state index contributed by atoms with van der Waals surface area (Å²) in [4.78, 5) is 19.4. The average Bonchev–Trinajstić information content (AvgIpc) is 2.36. The predicted molar refractivity (Wildman–Crippen MR) is 79.9 cm³/mol. The Kier molecular flexibility index (Phi) is 3.64. The lowest BCUT2D eigenvalue weighted by atomic mass is 10.3. The molecule has 0 amide bonds. The molecule has 0 fully saturated rings. The summed E-state index contributed by atoms with van der Waals surface area (Å²) in [6, 6.07) is 7.31. The highest BCUT2D eigenvalue weighted by atomic mass is 31.2. The van der Waals surface area contributed by atoms with Gasteiger partial charge in [0.25, 0.3) is 5.56 Å². The zero-order valence-corrected chi connectivity index (χ0v) is 12.6. The lowest BCUT2D eigenvalue weighted by molar-refractivity contribution is 0.568. The van der Waals surface area contributed by atoms with Crippen LogP contribution < -0.4 is 11.0 Å². The van der Waals surface area contributed by atoms with Gasteiger partial charge in [0.15, 0.2) is 5.44 Å². The summed E-state index contributed by atoms with van der Waals surface area (Å²) < 4.78 is 13.2. The van der Waals surface area contributed by atoms with Crippen molar-refractivity contribution in [3.05, 3.63) is 34.6 Å². The predicted octanol–water partition coefficient (Wildman–Crippen LogP) is 2.73. The quantitative estimate of drug-likeness (QED) is 0.878. The minimum absolute atomic E-state index is 0.0951. The van der Waals surface area contributed by atoms with Crippen LogP contribution in [0.15, 0.2) is 29.1 Å². The molecule has 0 saturated heterocycles. The van der Waals surface area contributed by atoms with Crippen molar-refractivity contribution in [3.63, 3.8) is 0 Å². The van der Waals surface area contributed by atoms with E-state index in [0.29, 0.717) is 11.0 Å². The third-order valence-electron chi connectivity index (χ3n) is 3.45. The van der Waals surface area contributed by atoms with Crippen molar-refractivity contribution >= 4 is 23.6 Å². The van der Waals surface area contributed by atoms with Gasteiger partial charge in [0.2, 0.25) is 0 Å². The maximum atomic E-state index is 13.2. The Labute approximate surface area is 112 Å². The number of benzene rings is 1. The fourth-order valence-corrected chi connectivity index (χ4v) is 5.15. The summed E-state index contributed by atoms with van der Waals surface area (Å²) >= 11 is 0. The summed E-state index contributed by atoms with van der Waals surface area (Å²) in [6.07, 6.45) is 0. The molecule has 1 heterocycles. The molecule has 1 aromatic carbocycles. The first-order chi connectivity index (χ1) is 8.87. The molecule has 2 rings (SSSR count). The largest absolute Gasteiger partial charge is 0.319 e. The van der Waals surface area contributed by atoms with Gasteiger partial charge < -0.3 is 9.55 Å². The number of fused-ring (bicyclic) bond motifs is 1. The second kappa shape index (κ2) is 4.93. The zero-order chi connectivity index (χ0) is 14.2. The molecule has 1 N–H and O–H groups in total. The van der Waals surface area contributed by atoms with Crippen LogP contribution >= 0.6 is 7.14 Å². The Hall–Kier alpha value is -1.41. The summed E-state index contributed by atoms with van der Waals surface area (Å²) in [6.45, 7) is 7.54. The molecule has 102 valence electrons.